The van der Waals surface area contributed by atoms with Gasteiger partial charge in [0.1, 0.15) is 0 Å². The molecule has 1 heterocycles. The summed E-state index contributed by atoms with van der Waals surface area (Å²) in [6.07, 6.45) is 4.17. The first-order valence-electron chi connectivity index (χ1n) is 7.20. The number of para-hydroxylation sites is 1. The minimum Gasteiger partial charge on any atom is -0.375 e. The Morgan fingerprint density at radius 2 is 2.05 bits per heavy atom. The number of nitrogens with zero attached hydrogens (tertiary/aromatic N) is 2. The zero-order valence-corrected chi connectivity index (χ0v) is 13.1. The fraction of sp³-hybridized carbons (Fsp3) is 0.438. The normalized spacial score (nSPS) is 10.7. The molecule has 108 valence electrons. The van der Waals surface area contributed by atoms with Gasteiger partial charge < -0.3 is 10.2 Å². The van der Waals surface area contributed by atoms with E-state index in [2.05, 4.69) is 59.5 Å². The second kappa shape index (κ2) is 8.02. The van der Waals surface area contributed by atoms with Crippen molar-refractivity contribution in [1.29, 1.82) is 0 Å². The van der Waals surface area contributed by atoms with Crippen molar-refractivity contribution < 1.29 is 0 Å². The van der Waals surface area contributed by atoms with Crippen LogP contribution in [0.1, 0.15) is 23.2 Å². The van der Waals surface area contributed by atoms with Gasteiger partial charge in [-0.15, -0.1) is 11.3 Å². The van der Waals surface area contributed by atoms with Gasteiger partial charge in [-0.05, 0) is 31.5 Å². The molecule has 1 aromatic heterocycles. The third-order valence-corrected chi connectivity index (χ3v) is 4.39. The number of hydrogen-bond donors (Lipinski definition) is 1. The summed E-state index contributed by atoms with van der Waals surface area (Å²) in [5.74, 6) is 0. The predicted molar refractivity (Wildman–Crippen MR) is 87.5 cm³/mol. The number of thiazole rings is 1. The molecular formula is C16H23N3S. The highest BCUT2D eigenvalue weighted by atomic mass is 32.1. The zero-order chi connectivity index (χ0) is 14.2. The summed E-state index contributed by atoms with van der Waals surface area (Å²) in [6.45, 7) is 5.19. The topological polar surface area (TPSA) is 28.2 Å². The smallest absolute Gasteiger partial charge is 0.0925 e. The quantitative estimate of drug-likeness (QED) is 0.756. The molecule has 20 heavy (non-hydrogen) atoms. The maximum Gasteiger partial charge on any atom is 0.0925 e. The monoisotopic (exact) mass is 289 g/mol. The van der Waals surface area contributed by atoms with Crippen molar-refractivity contribution in [3.63, 3.8) is 0 Å². The Morgan fingerprint density at radius 3 is 2.75 bits per heavy atom. The first-order valence-corrected chi connectivity index (χ1v) is 8.01. The summed E-state index contributed by atoms with van der Waals surface area (Å²) in [6, 6.07) is 10.5. The third kappa shape index (κ3) is 4.62. The lowest BCUT2D eigenvalue weighted by molar-refractivity contribution is 0.650. The summed E-state index contributed by atoms with van der Waals surface area (Å²) < 4.78 is 0. The number of hydrogen-bond acceptors (Lipinski definition) is 4. The fourth-order valence-electron chi connectivity index (χ4n) is 2.06. The van der Waals surface area contributed by atoms with Gasteiger partial charge in [-0.25, -0.2) is 4.98 Å². The largest absolute Gasteiger partial charge is 0.375 e. The number of aryl methyl sites for hydroxylation is 1. The molecule has 0 aliphatic heterocycles. The van der Waals surface area contributed by atoms with Gasteiger partial charge in [-0.2, -0.15) is 0 Å². The molecule has 1 N–H and O–H groups in total. The summed E-state index contributed by atoms with van der Waals surface area (Å²) >= 11 is 1.81. The highest BCUT2D eigenvalue weighted by molar-refractivity contribution is 7.11. The van der Waals surface area contributed by atoms with Crippen LogP contribution < -0.4 is 10.2 Å². The van der Waals surface area contributed by atoms with Crippen LogP contribution in [0, 0.1) is 0 Å². The Bertz CT molecular complexity index is 495. The van der Waals surface area contributed by atoms with E-state index in [0.717, 1.165) is 32.5 Å². The zero-order valence-electron chi connectivity index (χ0n) is 12.3. The number of aromatic nitrogens is 1. The van der Waals surface area contributed by atoms with Crippen molar-refractivity contribution in [3.05, 3.63) is 46.4 Å². The molecule has 0 aliphatic rings. The molecule has 2 aromatic rings. The molecular weight excluding hydrogens is 266 g/mol. The van der Waals surface area contributed by atoms with Crippen molar-refractivity contribution in [2.45, 2.75) is 26.3 Å². The van der Waals surface area contributed by atoms with Crippen LogP contribution in [-0.4, -0.2) is 25.1 Å². The van der Waals surface area contributed by atoms with Gasteiger partial charge in [0.2, 0.25) is 0 Å². The molecule has 0 amide bonds. The van der Waals surface area contributed by atoms with Crippen LogP contribution in [0.3, 0.4) is 0 Å². The molecule has 0 saturated heterocycles. The van der Waals surface area contributed by atoms with Crippen LogP contribution >= 0.6 is 11.3 Å². The van der Waals surface area contributed by atoms with Crippen molar-refractivity contribution in [1.82, 2.24) is 10.3 Å². The Morgan fingerprint density at radius 1 is 1.25 bits per heavy atom. The van der Waals surface area contributed by atoms with E-state index in [1.54, 1.807) is 0 Å². The predicted octanol–water partition coefficient (Wildman–Crippen LogP) is 3.32. The van der Waals surface area contributed by atoms with Gasteiger partial charge in [0.05, 0.1) is 5.01 Å². The number of nitrogens with one attached hydrogen (secondary N) is 1. The molecule has 2 rings (SSSR count). The molecule has 0 unspecified atom stereocenters. The number of benzene rings is 1. The van der Waals surface area contributed by atoms with Crippen molar-refractivity contribution in [2.75, 3.05) is 25.0 Å². The van der Waals surface area contributed by atoms with E-state index < -0.39 is 0 Å². The van der Waals surface area contributed by atoms with E-state index >= 15 is 0 Å². The molecule has 0 radical (unpaired) electrons. The lowest BCUT2D eigenvalue weighted by Gasteiger charge is -2.19. The highest BCUT2D eigenvalue weighted by Gasteiger charge is 2.01. The van der Waals surface area contributed by atoms with Crippen LogP contribution in [0.5, 0.6) is 0 Å². The molecule has 1 aromatic carbocycles. The second-order valence-electron chi connectivity index (χ2n) is 4.86. The Labute approximate surface area is 125 Å². The van der Waals surface area contributed by atoms with E-state index in [4.69, 9.17) is 0 Å². The Kier molecular flexibility index (Phi) is 6.02. The second-order valence-corrected chi connectivity index (χ2v) is 6.06. The molecule has 3 nitrogen and oxygen atoms in total. The van der Waals surface area contributed by atoms with Gasteiger partial charge >= 0.3 is 0 Å². The Balaban J connectivity index is 1.62. The first-order chi connectivity index (χ1) is 9.79. The molecule has 0 aliphatic carbocycles. The molecule has 0 saturated carbocycles. The summed E-state index contributed by atoms with van der Waals surface area (Å²) in [4.78, 5) is 8.00. The maximum absolute atomic E-state index is 4.37. The van der Waals surface area contributed by atoms with E-state index in [0.29, 0.717) is 0 Å². The van der Waals surface area contributed by atoms with Crippen LogP contribution in [0.25, 0.3) is 0 Å². The van der Waals surface area contributed by atoms with Crippen LogP contribution in [0.2, 0.25) is 0 Å². The van der Waals surface area contributed by atoms with Gasteiger partial charge in [0.25, 0.3) is 0 Å². The van der Waals surface area contributed by atoms with E-state index in [1.807, 2.05) is 17.5 Å². The minimum atomic E-state index is 0.937. The van der Waals surface area contributed by atoms with Crippen molar-refractivity contribution in [3.8, 4) is 0 Å². The SMILES string of the molecule is CCc1ncc(CNCCCN(C)c2ccccc2)s1. The third-order valence-electron chi connectivity index (χ3n) is 3.25. The Hall–Kier alpha value is -1.39. The number of rotatable bonds is 8. The van der Waals surface area contributed by atoms with E-state index in [9.17, 15) is 0 Å². The lowest BCUT2D eigenvalue weighted by Crippen LogP contribution is -2.23. The van der Waals surface area contributed by atoms with Gasteiger partial charge in [-0.1, -0.05) is 25.1 Å². The molecule has 0 fully saturated rings. The number of anilines is 1. The van der Waals surface area contributed by atoms with Crippen molar-refractivity contribution in [2.24, 2.45) is 0 Å². The van der Waals surface area contributed by atoms with E-state index in [-0.39, 0.29) is 0 Å². The molecule has 4 heteroatoms. The summed E-state index contributed by atoms with van der Waals surface area (Å²) in [5, 5.41) is 4.72. The fourth-order valence-corrected chi connectivity index (χ4v) is 2.89. The summed E-state index contributed by atoms with van der Waals surface area (Å²) in [5.41, 5.74) is 1.28. The highest BCUT2D eigenvalue weighted by Crippen LogP contribution is 2.13. The average Bonchev–Trinajstić information content (AvgIpc) is 2.95. The van der Waals surface area contributed by atoms with E-state index in [1.165, 1.54) is 15.6 Å². The molecule has 0 spiro atoms. The van der Waals surface area contributed by atoms with Crippen LogP contribution in [0.15, 0.2) is 36.5 Å². The maximum atomic E-state index is 4.37. The van der Waals surface area contributed by atoms with Crippen molar-refractivity contribution >= 4 is 17.0 Å². The van der Waals surface area contributed by atoms with Gasteiger partial charge in [-0.3, -0.25) is 0 Å². The van der Waals surface area contributed by atoms with Gasteiger partial charge in [0, 0.05) is 36.9 Å². The molecule has 0 bridgehead atoms. The van der Waals surface area contributed by atoms with Gasteiger partial charge in [0.15, 0.2) is 0 Å². The van der Waals surface area contributed by atoms with Crippen LogP contribution in [-0.2, 0) is 13.0 Å². The lowest BCUT2D eigenvalue weighted by atomic mass is 10.3. The average molecular weight is 289 g/mol. The van der Waals surface area contributed by atoms with Crippen LogP contribution in [0.4, 0.5) is 5.69 Å². The standard InChI is InChI=1S/C16H23N3S/c1-3-16-18-13-15(20-16)12-17-10-7-11-19(2)14-8-5-4-6-9-14/h4-6,8-9,13,17H,3,7,10-12H2,1-2H3. The minimum absolute atomic E-state index is 0.937. The summed E-state index contributed by atoms with van der Waals surface area (Å²) in [7, 11) is 2.14. The molecule has 0 atom stereocenters. The first kappa shape index (κ1) is 15.0.